The highest BCUT2D eigenvalue weighted by molar-refractivity contribution is 6.42. The van der Waals surface area contributed by atoms with Gasteiger partial charge in [-0.15, -0.1) is 0 Å². The standard InChI is InChI=1S/C26H18Cl2F2N4O3/c27-17-3-1-14(7-18(17)28)26(36)33-15-9-16(24(30)19(29)10-15)25(35)13-2-4-20-21(8-13)32-11-22(34-20)23-12-31-5-6-37-23/h1-4,7-11,23,31H,5-6,12H2,(H,33,36). The van der Waals surface area contributed by atoms with Gasteiger partial charge in [-0.2, -0.15) is 0 Å². The van der Waals surface area contributed by atoms with Crippen LogP contribution in [0.1, 0.15) is 38.1 Å². The molecule has 1 aliphatic heterocycles. The molecule has 1 aromatic heterocycles. The molecule has 1 saturated heterocycles. The highest BCUT2D eigenvalue weighted by Crippen LogP contribution is 2.26. The molecule has 11 heteroatoms. The number of anilines is 1. The Morgan fingerprint density at radius 3 is 2.57 bits per heavy atom. The van der Waals surface area contributed by atoms with Gasteiger partial charge in [-0.25, -0.2) is 13.8 Å². The molecule has 7 nitrogen and oxygen atoms in total. The van der Waals surface area contributed by atoms with E-state index in [0.29, 0.717) is 29.9 Å². The van der Waals surface area contributed by atoms with Crippen LogP contribution in [0.15, 0.2) is 54.7 Å². The van der Waals surface area contributed by atoms with Gasteiger partial charge in [-0.05, 0) is 42.5 Å². The average Bonchev–Trinajstić information content (AvgIpc) is 2.91. The Kier molecular flexibility index (Phi) is 7.12. The molecule has 4 aromatic rings. The van der Waals surface area contributed by atoms with Crippen molar-refractivity contribution in [3.05, 3.63) is 98.8 Å². The molecule has 2 N–H and O–H groups in total. The molecule has 37 heavy (non-hydrogen) atoms. The van der Waals surface area contributed by atoms with Crippen molar-refractivity contribution < 1.29 is 23.1 Å². The Bertz CT molecular complexity index is 1540. The van der Waals surface area contributed by atoms with Crippen LogP contribution >= 0.6 is 23.2 Å². The van der Waals surface area contributed by atoms with E-state index in [1.54, 1.807) is 12.3 Å². The number of ether oxygens (including phenoxy) is 1. The summed E-state index contributed by atoms with van der Waals surface area (Å²) in [5, 5.41) is 6.09. The third-order valence-corrected chi connectivity index (χ3v) is 6.53. The number of halogens is 4. The first kappa shape index (κ1) is 25.2. The fraction of sp³-hybridized carbons (Fsp3) is 0.154. The summed E-state index contributed by atoms with van der Waals surface area (Å²) in [5.74, 6) is -4.05. The van der Waals surface area contributed by atoms with Crippen LogP contribution in [0.25, 0.3) is 11.0 Å². The number of hydrogen-bond donors (Lipinski definition) is 2. The summed E-state index contributed by atoms with van der Waals surface area (Å²) >= 11 is 11.8. The maximum atomic E-state index is 14.7. The monoisotopic (exact) mass is 542 g/mol. The number of nitrogens with one attached hydrogen (secondary N) is 2. The molecule has 1 atom stereocenters. The molecule has 188 valence electrons. The molecular formula is C26H18Cl2F2N4O3. The second-order valence-corrected chi connectivity index (χ2v) is 9.11. The van der Waals surface area contributed by atoms with E-state index in [9.17, 15) is 18.4 Å². The van der Waals surface area contributed by atoms with Crippen molar-refractivity contribution in [2.75, 3.05) is 25.0 Å². The number of nitrogens with zero attached hydrogens (tertiary/aromatic N) is 2. The maximum Gasteiger partial charge on any atom is 0.255 e. The van der Waals surface area contributed by atoms with Gasteiger partial charge >= 0.3 is 0 Å². The summed E-state index contributed by atoms with van der Waals surface area (Å²) in [5.41, 5.74) is 1.16. The maximum absolute atomic E-state index is 14.7. The van der Waals surface area contributed by atoms with Crippen LogP contribution < -0.4 is 10.6 Å². The molecule has 0 bridgehead atoms. The van der Waals surface area contributed by atoms with Crippen molar-refractivity contribution in [1.82, 2.24) is 15.3 Å². The van der Waals surface area contributed by atoms with Gasteiger partial charge in [0.2, 0.25) is 0 Å². The number of hydrogen-bond acceptors (Lipinski definition) is 6. The summed E-state index contributed by atoms with van der Waals surface area (Å²) in [6, 6.07) is 10.6. The van der Waals surface area contributed by atoms with Gasteiger partial charge in [0.1, 0.15) is 6.10 Å². The molecule has 0 aliphatic carbocycles. The average molecular weight is 543 g/mol. The fourth-order valence-corrected chi connectivity index (χ4v) is 4.20. The lowest BCUT2D eigenvalue weighted by molar-refractivity contribution is 0.0250. The smallest absolute Gasteiger partial charge is 0.255 e. The van der Waals surface area contributed by atoms with Crippen molar-refractivity contribution in [1.29, 1.82) is 0 Å². The first-order valence-corrected chi connectivity index (χ1v) is 11.9. The lowest BCUT2D eigenvalue weighted by Crippen LogP contribution is -2.33. The molecule has 5 rings (SSSR count). The number of morpholine rings is 1. The normalized spacial score (nSPS) is 15.5. The van der Waals surface area contributed by atoms with Gasteiger partial charge in [-0.3, -0.25) is 14.6 Å². The number of benzene rings is 3. The molecule has 1 aliphatic rings. The molecular weight excluding hydrogens is 525 g/mol. The summed E-state index contributed by atoms with van der Waals surface area (Å²) < 4.78 is 34.8. The third-order valence-electron chi connectivity index (χ3n) is 5.79. The third kappa shape index (κ3) is 5.30. The number of fused-ring (bicyclic) bond motifs is 1. The van der Waals surface area contributed by atoms with Gasteiger partial charge in [-0.1, -0.05) is 23.2 Å². The van der Waals surface area contributed by atoms with E-state index < -0.39 is 28.9 Å². The predicted molar refractivity (Wildman–Crippen MR) is 135 cm³/mol. The zero-order valence-corrected chi connectivity index (χ0v) is 20.5. The quantitative estimate of drug-likeness (QED) is 0.330. The second-order valence-electron chi connectivity index (χ2n) is 8.29. The van der Waals surface area contributed by atoms with Crippen LogP contribution in [-0.2, 0) is 4.74 Å². The van der Waals surface area contributed by atoms with Crippen molar-refractivity contribution in [3.8, 4) is 0 Å². The van der Waals surface area contributed by atoms with E-state index in [1.165, 1.54) is 30.3 Å². The van der Waals surface area contributed by atoms with Crippen molar-refractivity contribution >= 4 is 51.6 Å². The molecule has 0 spiro atoms. The minimum atomic E-state index is -1.33. The highest BCUT2D eigenvalue weighted by atomic mass is 35.5. The SMILES string of the molecule is O=C(Nc1cc(F)c(F)c(C(=O)c2ccc3nc(C4CNCCO4)cnc3c2)c1)c1ccc(Cl)c(Cl)c1. The van der Waals surface area contributed by atoms with E-state index in [0.717, 1.165) is 18.7 Å². The molecule has 0 radical (unpaired) electrons. The van der Waals surface area contributed by atoms with Crippen LogP contribution in [0.3, 0.4) is 0 Å². The largest absolute Gasteiger partial charge is 0.369 e. The lowest BCUT2D eigenvalue weighted by atomic mass is 10.0. The van der Waals surface area contributed by atoms with Gasteiger partial charge in [0.05, 0.1) is 45.1 Å². The number of rotatable bonds is 5. The van der Waals surface area contributed by atoms with Crippen LogP contribution in [0.4, 0.5) is 14.5 Å². The van der Waals surface area contributed by atoms with Crippen LogP contribution in [-0.4, -0.2) is 41.4 Å². The number of ketones is 1. The molecule has 0 saturated carbocycles. The minimum Gasteiger partial charge on any atom is -0.369 e. The fourth-order valence-electron chi connectivity index (χ4n) is 3.90. The van der Waals surface area contributed by atoms with Gasteiger partial charge in [0.25, 0.3) is 5.91 Å². The Labute approximate surface area is 219 Å². The zero-order valence-electron chi connectivity index (χ0n) is 19.0. The summed E-state index contributed by atoms with van der Waals surface area (Å²) in [6.45, 7) is 1.94. The number of amides is 1. The summed E-state index contributed by atoms with van der Waals surface area (Å²) in [6.07, 6.45) is 1.33. The number of carbonyl (C=O) groups excluding carboxylic acids is 2. The van der Waals surface area contributed by atoms with Crippen LogP contribution in [0, 0.1) is 11.6 Å². The van der Waals surface area contributed by atoms with E-state index in [4.69, 9.17) is 27.9 Å². The van der Waals surface area contributed by atoms with Crippen molar-refractivity contribution in [2.45, 2.75) is 6.10 Å². The van der Waals surface area contributed by atoms with E-state index >= 15 is 0 Å². The van der Waals surface area contributed by atoms with Gasteiger partial charge < -0.3 is 15.4 Å². The molecule has 1 fully saturated rings. The van der Waals surface area contributed by atoms with Crippen LogP contribution in [0.2, 0.25) is 10.0 Å². The van der Waals surface area contributed by atoms with Gasteiger partial charge in [0.15, 0.2) is 17.4 Å². The Morgan fingerprint density at radius 1 is 1.00 bits per heavy atom. The van der Waals surface area contributed by atoms with Crippen molar-refractivity contribution in [3.63, 3.8) is 0 Å². The van der Waals surface area contributed by atoms with Crippen molar-refractivity contribution in [2.24, 2.45) is 0 Å². The Morgan fingerprint density at radius 2 is 1.81 bits per heavy atom. The number of aromatic nitrogens is 2. The summed E-state index contributed by atoms with van der Waals surface area (Å²) in [7, 11) is 0. The van der Waals surface area contributed by atoms with Gasteiger partial charge in [0, 0.05) is 36.0 Å². The highest BCUT2D eigenvalue weighted by Gasteiger charge is 2.22. The first-order valence-electron chi connectivity index (χ1n) is 11.2. The van der Waals surface area contributed by atoms with E-state index in [1.807, 2.05) is 0 Å². The molecule has 3 aromatic carbocycles. The molecule has 1 amide bonds. The second kappa shape index (κ2) is 10.5. The predicted octanol–water partition coefficient (Wildman–Crippen LogP) is 5.36. The van der Waals surface area contributed by atoms with Crippen LogP contribution in [0.5, 0.6) is 0 Å². The first-order chi connectivity index (χ1) is 17.8. The van der Waals surface area contributed by atoms with E-state index in [2.05, 4.69) is 20.6 Å². The minimum absolute atomic E-state index is 0.0800. The van der Waals surface area contributed by atoms with E-state index in [-0.39, 0.29) is 33.0 Å². The zero-order chi connectivity index (χ0) is 26.1. The lowest BCUT2D eigenvalue weighted by Gasteiger charge is -2.22. The summed E-state index contributed by atoms with van der Waals surface area (Å²) in [4.78, 5) is 34.6. The number of carbonyl (C=O) groups is 2. The molecule has 1 unspecified atom stereocenters. The Balaban J connectivity index is 1.41. The topological polar surface area (TPSA) is 93.2 Å². The molecule has 2 heterocycles. The Hall–Kier alpha value is -3.50.